The molecule has 2 atom stereocenters. The van der Waals surface area contributed by atoms with Crippen LogP contribution in [-0.2, 0) is 6.42 Å². The molecule has 6 heteroatoms. The van der Waals surface area contributed by atoms with Gasteiger partial charge in [0.25, 0.3) is 0 Å². The number of carbonyl (C=O) groups is 1. The molecule has 2 aromatic carbocycles. The van der Waals surface area contributed by atoms with Crippen molar-refractivity contribution in [3.05, 3.63) is 71.0 Å². The fraction of sp³-hybridized carbons (Fsp3) is 0.348. The molecule has 1 aliphatic carbocycles. The summed E-state index contributed by atoms with van der Waals surface area (Å²) in [5.41, 5.74) is 4.82. The van der Waals surface area contributed by atoms with Crippen molar-refractivity contribution in [2.45, 2.75) is 44.7 Å². The normalized spacial score (nSPS) is 20.7. The number of carbonyl (C=O) groups excluding carboxylic acids is 1. The number of likely N-dealkylation sites (tertiary alicyclic amines) is 1. The van der Waals surface area contributed by atoms with E-state index in [0.717, 1.165) is 43.6 Å². The van der Waals surface area contributed by atoms with Crippen LogP contribution >= 0.6 is 0 Å². The highest BCUT2D eigenvalue weighted by Gasteiger charge is 2.34. The zero-order valence-electron chi connectivity index (χ0n) is 16.6. The number of hydrogen-bond donors (Lipinski definition) is 2. The third-order valence-corrected chi connectivity index (χ3v) is 6.04. The number of urea groups is 1. The summed E-state index contributed by atoms with van der Waals surface area (Å²) in [4.78, 5) is 19.7. The molecule has 2 aliphatic rings. The van der Waals surface area contributed by atoms with Crippen molar-refractivity contribution in [2.24, 2.45) is 0 Å². The minimum absolute atomic E-state index is 0.00971. The molecule has 1 aliphatic heterocycles. The lowest BCUT2D eigenvalue weighted by atomic mass is 10.1. The van der Waals surface area contributed by atoms with Crippen LogP contribution in [0.5, 0.6) is 0 Å². The summed E-state index contributed by atoms with van der Waals surface area (Å²) in [5.74, 6) is 1.44. The van der Waals surface area contributed by atoms with Gasteiger partial charge in [-0.15, -0.1) is 0 Å². The fourth-order valence-electron chi connectivity index (χ4n) is 4.54. The zero-order valence-corrected chi connectivity index (χ0v) is 16.6. The molecule has 0 radical (unpaired) electrons. The minimum atomic E-state index is -0.0571. The summed E-state index contributed by atoms with van der Waals surface area (Å²) >= 11 is 0. The Morgan fingerprint density at radius 2 is 2.03 bits per heavy atom. The highest BCUT2D eigenvalue weighted by Crippen LogP contribution is 2.34. The Hall–Kier alpha value is -3.15. The van der Waals surface area contributed by atoms with E-state index in [4.69, 9.17) is 0 Å². The van der Waals surface area contributed by atoms with Crippen LogP contribution in [0, 0.1) is 6.92 Å². The average Bonchev–Trinajstić information content (AvgIpc) is 3.48. The van der Waals surface area contributed by atoms with E-state index in [-0.39, 0.29) is 18.1 Å². The van der Waals surface area contributed by atoms with Gasteiger partial charge in [0.05, 0.1) is 12.1 Å². The van der Waals surface area contributed by atoms with Crippen LogP contribution in [-0.4, -0.2) is 32.7 Å². The van der Waals surface area contributed by atoms with E-state index in [0.29, 0.717) is 5.82 Å². The number of fused-ring (bicyclic) bond motifs is 1. The smallest absolute Gasteiger partial charge is 0.318 e. The third kappa shape index (κ3) is 3.39. The Bertz CT molecular complexity index is 1030. The van der Waals surface area contributed by atoms with Gasteiger partial charge in [-0.3, -0.25) is 5.10 Å². The number of aromatic nitrogens is 3. The van der Waals surface area contributed by atoms with Gasteiger partial charge in [0, 0.05) is 12.1 Å². The third-order valence-electron chi connectivity index (χ3n) is 6.04. The van der Waals surface area contributed by atoms with Crippen molar-refractivity contribution < 1.29 is 4.79 Å². The van der Waals surface area contributed by atoms with Crippen molar-refractivity contribution >= 4 is 6.03 Å². The van der Waals surface area contributed by atoms with E-state index in [9.17, 15) is 4.79 Å². The number of benzene rings is 2. The van der Waals surface area contributed by atoms with E-state index in [1.54, 1.807) is 0 Å². The van der Waals surface area contributed by atoms with E-state index >= 15 is 0 Å². The maximum Gasteiger partial charge on any atom is 0.318 e. The van der Waals surface area contributed by atoms with E-state index < -0.39 is 0 Å². The molecule has 0 spiro atoms. The van der Waals surface area contributed by atoms with Crippen LogP contribution in [0.4, 0.5) is 4.79 Å². The van der Waals surface area contributed by atoms with Gasteiger partial charge in [0.1, 0.15) is 5.82 Å². The Kier molecular flexibility index (Phi) is 4.54. The molecule has 1 aromatic heterocycles. The SMILES string of the molecule is Cc1ccc2c(c1)C(NC(=O)N1CCCC1c1nc(-c3ccccc3)n[nH]1)CC2. The number of hydrogen-bond acceptors (Lipinski definition) is 3. The predicted molar refractivity (Wildman–Crippen MR) is 111 cm³/mol. The number of nitrogens with one attached hydrogen (secondary N) is 2. The van der Waals surface area contributed by atoms with Crippen LogP contribution < -0.4 is 5.32 Å². The first-order chi connectivity index (χ1) is 14.2. The molecule has 2 N–H and O–H groups in total. The average molecular weight is 387 g/mol. The first kappa shape index (κ1) is 17.9. The number of aryl methyl sites for hydroxylation is 2. The molecular weight excluding hydrogens is 362 g/mol. The quantitative estimate of drug-likeness (QED) is 0.703. The molecule has 148 valence electrons. The van der Waals surface area contributed by atoms with Crippen LogP contribution in [0.15, 0.2) is 48.5 Å². The zero-order chi connectivity index (χ0) is 19.8. The second-order valence-corrected chi connectivity index (χ2v) is 8.00. The molecule has 2 unspecified atom stereocenters. The van der Waals surface area contributed by atoms with Gasteiger partial charge in [0.2, 0.25) is 0 Å². The lowest BCUT2D eigenvalue weighted by Gasteiger charge is -2.25. The molecule has 0 saturated carbocycles. The van der Waals surface area contributed by atoms with Crippen LogP contribution in [0.1, 0.15) is 53.9 Å². The molecule has 6 nitrogen and oxygen atoms in total. The second kappa shape index (κ2) is 7.35. The van der Waals surface area contributed by atoms with Gasteiger partial charge in [-0.1, -0.05) is 54.1 Å². The summed E-state index contributed by atoms with van der Waals surface area (Å²) in [6.45, 7) is 2.84. The maximum absolute atomic E-state index is 13.1. The summed E-state index contributed by atoms with van der Waals surface area (Å²) in [6.07, 6.45) is 3.85. The molecule has 0 bridgehead atoms. The predicted octanol–water partition coefficient (Wildman–Crippen LogP) is 4.31. The summed E-state index contributed by atoms with van der Waals surface area (Å²) in [5, 5.41) is 10.7. The van der Waals surface area contributed by atoms with Gasteiger partial charge in [0.15, 0.2) is 5.82 Å². The lowest BCUT2D eigenvalue weighted by Crippen LogP contribution is -2.41. The largest absolute Gasteiger partial charge is 0.331 e. The van der Waals surface area contributed by atoms with Crippen LogP contribution in [0.25, 0.3) is 11.4 Å². The Morgan fingerprint density at radius 3 is 2.90 bits per heavy atom. The number of amides is 2. The Labute approximate surface area is 170 Å². The standard InChI is InChI=1S/C23H25N5O/c1-15-9-10-16-11-12-19(18(16)14-15)24-23(29)28-13-5-8-20(28)22-25-21(26-27-22)17-6-3-2-4-7-17/h2-4,6-7,9-10,14,19-20H,5,8,11-13H2,1H3,(H,24,29)(H,25,26,27). The lowest BCUT2D eigenvalue weighted by molar-refractivity contribution is 0.187. The van der Waals surface area contributed by atoms with Gasteiger partial charge in [-0.2, -0.15) is 5.10 Å². The molecule has 2 amide bonds. The first-order valence-corrected chi connectivity index (χ1v) is 10.3. The molecule has 5 rings (SSSR count). The highest BCUT2D eigenvalue weighted by atomic mass is 16.2. The molecule has 3 aromatic rings. The van der Waals surface area contributed by atoms with Gasteiger partial charge >= 0.3 is 6.03 Å². The van der Waals surface area contributed by atoms with Gasteiger partial charge < -0.3 is 10.2 Å². The molecule has 1 fully saturated rings. The fourth-order valence-corrected chi connectivity index (χ4v) is 4.54. The van der Waals surface area contributed by atoms with Gasteiger partial charge in [-0.25, -0.2) is 9.78 Å². The number of aromatic amines is 1. The number of nitrogens with zero attached hydrogens (tertiary/aromatic N) is 3. The summed E-state index contributed by atoms with van der Waals surface area (Å²) < 4.78 is 0. The van der Waals surface area contributed by atoms with E-state index in [1.807, 2.05) is 35.2 Å². The van der Waals surface area contributed by atoms with Crippen LogP contribution in [0.2, 0.25) is 0 Å². The van der Waals surface area contributed by atoms with E-state index in [2.05, 4.69) is 45.6 Å². The van der Waals surface area contributed by atoms with Crippen molar-refractivity contribution in [1.29, 1.82) is 0 Å². The summed E-state index contributed by atoms with van der Waals surface area (Å²) in [6, 6.07) is 16.5. The van der Waals surface area contributed by atoms with E-state index in [1.165, 1.54) is 16.7 Å². The minimum Gasteiger partial charge on any atom is -0.331 e. The van der Waals surface area contributed by atoms with Crippen molar-refractivity contribution in [3.8, 4) is 11.4 Å². The van der Waals surface area contributed by atoms with Crippen molar-refractivity contribution in [1.82, 2.24) is 25.4 Å². The number of rotatable bonds is 3. The Morgan fingerprint density at radius 1 is 1.17 bits per heavy atom. The first-order valence-electron chi connectivity index (χ1n) is 10.3. The highest BCUT2D eigenvalue weighted by molar-refractivity contribution is 5.76. The molecule has 29 heavy (non-hydrogen) atoms. The van der Waals surface area contributed by atoms with Crippen LogP contribution in [0.3, 0.4) is 0 Å². The molecule has 1 saturated heterocycles. The topological polar surface area (TPSA) is 73.9 Å². The maximum atomic E-state index is 13.1. The summed E-state index contributed by atoms with van der Waals surface area (Å²) in [7, 11) is 0. The van der Waals surface area contributed by atoms with Gasteiger partial charge in [-0.05, 0) is 43.7 Å². The van der Waals surface area contributed by atoms with Crippen molar-refractivity contribution in [3.63, 3.8) is 0 Å². The second-order valence-electron chi connectivity index (χ2n) is 8.00. The molecular formula is C23H25N5O. The number of H-pyrrole nitrogens is 1. The molecule has 2 heterocycles. The monoisotopic (exact) mass is 387 g/mol. The Balaban J connectivity index is 1.32. The van der Waals surface area contributed by atoms with Crippen molar-refractivity contribution in [2.75, 3.05) is 6.54 Å².